The lowest BCUT2D eigenvalue weighted by Gasteiger charge is -2.43. The van der Waals surface area contributed by atoms with E-state index >= 15 is 0 Å². The van der Waals surface area contributed by atoms with Crippen LogP contribution in [0.15, 0.2) is 30.3 Å². The summed E-state index contributed by atoms with van der Waals surface area (Å²) in [6, 6.07) is 9.89. The van der Waals surface area contributed by atoms with E-state index in [4.69, 9.17) is 9.16 Å². The van der Waals surface area contributed by atoms with Crippen molar-refractivity contribution in [3.05, 3.63) is 35.9 Å². The van der Waals surface area contributed by atoms with Gasteiger partial charge >= 0.3 is 5.97 Å². The van der Waals surface area contributed by atoms with Gasteiger partial charge in [-0.2, -0.15) is 0 Å². The van der Waals surface area contributed by atoms with Crippen LogP contribution in [0, 0.1) is 5.41 Å². The molecule has 0 saturated heterocycles. The monoisotopic (exact) mass is 378 g/mol. The Labute approximate surface area is 159 Å². The maximum Gasteiger partial charge on any atom is 0.311 e. The van der Waals surface area contributed by atoms with E-state index in [9.17, 15) is 9.90 Å². The van der Waals surface area contributed by atoms with E-state index in [0.717, 1.165) is 18.4 Å². The van der Waals surface area contributed by atoms with Gasteiger partial charge in [0.2, 0.25) is 0 Å². The Hall–Kier alpha value is -1.17. The van der Waals surface area contributed by atoms with Crippen LogP contribution in [0.2, 0.25) is 18.1 Å². The van der Waals surface area contributed by atoms with Gasteiger partial charge < -0.3 is 14.3 Å². The molecule has 0 heterocycles. The normalized spacial score (nSPS) is 24.4. The molecule has 0 aliphatic heterocycles. The summed E-state index contributed by atoms with van der Waals surface area (Å²) in [7, 11) is -1.81. The third-order valence-corrected chi connectivity index (χ3v) is 10.6. The highest BCUT2D eigenvalue weighted by Crippen LogP contribution is 2.43. The summed E-state index contributed by atoms with van der Waals surface area (Å²) in [6.07, 6.45) is 3.02. The number of hydrogen-bond donors (Lipinski definition) is 1. The molecule has 0 amide bonds. The molecule has 0 atom stereocenters. The first kappa shape index (κ1) is 21.1. The topological polar surface area (TPSA) is 55.8 Å². The fourth-order valence-corrected chi connectivity index (χ4v) is 4.64. The van der Waals surface area contributed by atoms with Crippen molar-refractivity contribution in [3.63, 3.8) is 0 Å². The Morgan fingerprint density at radius 1 is 1.19 bits per heavy atom. The van der Waals surface area contributed by atoms with Crippen LogP contribution in [0.1, 0.15) is 52.0 Å². The molecule has 146 valence electrons. The van der Waals surface area contributed by atoms with E-state index in [1.54, 1.807) is 0 Å². The van der Waals surface area contributed by atoms with Crippen LogP contribution in [-0.2, 0) is 20.6 Å². The maximum absolute atomic E-state index is 12.0. The zero-order chi connectivity index (χ0) is 19.4. The van der Waals surface area contributed by atoms with E-state index in [1.807, 2.05) is 30.3 Å². The molecule has 1 aliphatic carbocycles. The predicted octanol–water partition coefficient (Wildman–Crippen LogP) is 5.24. The van der Waals surface area contributed by atoms with E-state index in [0.29, 0.717) is 19.4 Å². The van der Waals surface area contributed by atoms with Gasteiger partial charge in [-0.3, -0.25) is 4.79 Å². The number of ether oxygens (including phenoxy) is 1. The van der Waals surface area contributed by atoms with Gasteiger partial charge in [0, 0.05) is 6.10 Å². The van der Waals surface area contributed by atoms with Crippen LogP contribution in [0.25, 0.3) is 0 Å². The fourth-order valence-electron chi connectivity index (χ4n) is 3.21. The van der Waals surface area contributed by atoms with Crippen molar-refractivity contribution in [2.45, 2.75) is 77.3 Å². The van der Waals surface area contributed by atoms with Gasteiger partial charge in [0.25, 0.3) is 0 Å². The fraction of sp³-hybridized carbons (Fsp3) is 0.667. The number of benzene rings is 1. The Bertz CT molecular complexity index is 584. The molecule has 0 spiro atoms. The van der Waals surface area contributed by atoms with Crippen LogP contribution in [0.4, 0.5) is 0 Å². The average Bonchev–Trinajstić information content (AvgIpc) is 2.56. The molecule has 1 aromatic carbocycles. The van der Waals surface area contributed by atoms with Gasteiger partial charge in [-0.1, -0.05) is 51.1 Å². The van der Waals surface area contributed by atoms with Gasteiger partial charge in [-0.15, -0.1) is 0 Å². The van der Waals surface area contributed by atoms with E-state index in [2.05, 4.69) is 33.9 Å². The van der Waals surface area contributed by atoms with Gasteiger partial charge in [0.1, 0.15) is 0 Å². The number of hydrogen-bond acceptors (Lipinski definition) is 3. The van der Waals surface area contributed by atoms with Crippen molar-refractivity contribution < 1.29 is 19.1 Å². The van der Waals surface area contributed by atoms with Crippen molar-refractivity contribution in [1.82, 2.24) is 0 Å². The summed E-state index contributed by atoms with van der Waals surface area (Å²) >= 11 is 0. The molecule has 0 radical (unpaired) electrons. The standard InChI is InChI=1S/C21H34O4Si/c1-20(2,3)26(4,5)25-18-11-13-21(14-12-18,19(22)23)16-24-15-17-9-7-6-8-10-17/h6-10,18H,11-16H2,1-5H3,(H,22,23). The summed E-state index contributed by atoms with van der Waals surface area (Å²) < 4.78 is 12.3. The Kier molecular flexibility index (Phi) is 6.69. The third-order valence-electron chi connectivity index (χ3n) is 6.10. The van der Waals surface area contributed by atoms with Crippen molar-refractivity contribution in [2.24, 2.45) is 5.41 Å². The number of aliphatic carboxylic acids is 1. The number of carbonyl (C=O) groups is 1. The molecule has 5 heteroatoms. The van der Waals surface area contributed by atoms with Crippen molar-refractivity contribution in [2.75, 3.05) is 6.61 Å². The highest BCUT2D eigenvalue weighted by atomic mass is 28.4. The summed E-state index contributed by atoms with van der Waals surface area (Å²) in [5.41, 5.74) is 0.296. The van der Waals surface area contributed by atoms with Crippen LogP contribution < -0.4 is 0 Å². The van der Waals surface area contributed by atoms with Gasteiger partial charge in [0.05, 0.1) is 18.6 Å². The van der Waals surface area contributed by atoms with Crippen LogP contribution in [0.5, 0.6) is 0 Å². The minimum Gasteiger partial charge on any atom is -0.481 e. The largest absolute Gasteiger partial charge is 0.481 e. The first-order chi connectivity index (χ1) is 12.1. The molecule has 1 saturated carbocycles. The SMILES string of the molecule is CC(C)(C)[Si](C)(C)OC1CCC(COCc2ccccc2)(C(=O)O)CC1. The molecule has 0 bridgehead atoms. The lowest BCUT2D eigenvalue weighted by atomic mass is 9.74. The van der Waals surface area contributed by atoms with E-state index < -0.39 is 19.7 Å². The van der Waals surface area contributed by atoms with E-state index in [-0.39, 0.29) is 17.7 Å². The quantitative estimate of drug-likeness (QED) is 0.659. The second-order valence-electron chi connectivity index (χ2n) is 9.14. The van der Waals surface area contributed by atoms with Crippen LogP contribution >= 0.6 is 0 Å². The molecule has 2 rings (SSSR count). The minimum atomic E-state index is -1.81. The Balaban J connectivity index is 1.91. The summed E-state index contributed by atoms with van der Waals surface area (Å²) in [6.45, 7) is 12.0. The molecule has 1 aliphatic rings. The molecule has 26 heavy (non-hydrogen) atoms. The molecule has 4 nitrogen and oxygen atoms in total. The van der Waals surface area contributed by atoms with E-state index in [1.165, 1.54) is 0 Å². The highest BCUT2D eigenvalue weighted by Gasteiger charge is 2.45. The van der Waals surface area contributed by atoms with Gasteiger partial charge in [0.15, 0.2) is 8.32 Å². The lowest BCUT2D eigenvalue weighted by molar-refractivity contribution is -0.157. The third kappa shape index (κ3) is 5.18. The molecule has 0 aromatic heterocycles. The smallest absolute Gasteiger partial charge is 0.311 e. The van der Waals surface area contributed by atoms with Crippen molar-refractivity contribution in [3.8, 4) is 0 Å². The Morgan fingerprint density at radius 3 is 2.27 bits per heavy atom. The first-order valence-corrected chi connectivity index (χ1v) is 12.5. The zero-order valence-electron chi connectivity index (χ0n) is 16.9. The van der Waals surface area contributed by atoms with Gasteiger partial charge in [-0.25, -0.2) is 0 Å². The Morgan fingerprint density at radius 2 is 1.77 bits per heavy atom. The van der Waals surface area contributed by atoms with Crippen molar-refractivity contribution in [1.29, 1.82) is 0 Å². The predicted molar refractivity (Wildman–Crippen MR) is 107 cm³/mol. The molecule has 1 aromatic rings. The van der Waals surface area contributed by atoms with Gasteiger partial charge in [-0.05, 0) is 49.4 Å². The molecule has 1 N–H and O–H groups in total. The van der Waals surface area contributed by atoms with Crippen molar-refractivity contribution >= 4 is 14.3 Å². The second-order valence-corrected chi connectivity index (χ2v) is 13.9. The van der Waals surface area contributed by atoms with Crippen LogP contribution in [-0.4, -0.2) is 32.1 Å². The lowest BCUT2D eigenvalue weighted by Crippen LogP contribution is -2.47. The first-order valence-electron chi connectivity index (χ1n) is 9.59. The number of carboxylic acid groups (broad SMARTS) is 1. The molecular formula is C21H34O4Si. The number of rotatable bonds is 7. The highest BCUT2D eigenvalue weighted by molar-refractivity contribution is 6.74. The minimum absolute atomic E-state index is 0.174. The average molecular weight is 379 g/mol. The van der Waals surface area contributed by atoms with Crippen LogP contribution in [0.3, 0.4) is 0 Å². The summed E-state index contributed by atoms with van der Waals surface area (Å²) in [4.78, 5) is 12.0. The molecule has 0 unspecified atom stereocenters. The molecule has 1 fully saturated rings. The summed E-state index contributed by atoms with van der Waals surface area (Å²) in [5, 5.41) is 10.00. The second kappa shape index (κ2) is 8.24. The zero-order valence-corrected chi connectivity index (χ0v) is 17.9. The number of carboxylic acids is 1. The summed E-state index contributed by atoms with van der Waals surface area (Å²) in [5.74, 6) is -0.740. The molecular weight excluding hydrogens is 344 g/mol. The maximum atomic E-state index is 12.0.